The van der Waals surface area contributed by atoms with Gasteiger partial charge >= 0.3 is 0 Å². The van der Waals surface area contributed by atoms with Gasteiger partial charge in [0.15, 0.2) is 0 Å². The lowest BCUT2D eigenvalue weighted by Gasteiger charge is -2.45. The number of hydrogen-bond acceptors (Lipinski definition) is 4. The number of hydrazone groups is 1. The van der Waals surface area contributed by atoms with E-state index in [0.717, 1.165) is 23.4 Å². The Morgan fingerprint density at radius 3 is 2.72 bits per heavy atom. The highest BCUT2D eigenvalue weighted by molar-refractivity contribution is 5.95. The summed E-state index contributed by atoms with van der Waals surface area (Å²) in [7, 11) is 5.82. The van der Waals surface area contributed by atoms with E-state index in [0.29, 0.717) is 17.0 Å². The minimum atomic E-state index is -0.354. The van der Waals surface area contributed by atoms with Crippen molar-refractivity contribution in [3.63, 3.8) is 0 Å². The SMILES string of the molecule is CC1CC(C)(C)N(C)c2cc(F)c(/C=N\NC(=O)c3cccc(N(C)C)c3)cc21. The fraction of sp³-hybridized carbons (Fsp3) is 0.391. The summed E-state index contributed by atoms with van der Waals surface area (Å²) in [5.41, 5.74) is 6.26. The number of carbonyl (C=O) groups is 1. The Morgan fingerprint density at radius 2 is 2.03 bits per heavy atom. The molecule has 1 atom stereocenters. The number of nitrogens with zero attached hydrogens (tertiary/aromatic N) is 3. The number of hydrogen-bond donors (Lipinski definition) is 1. The van der Waals surface area contributed by atoms with Gasteiger partial charge in [0.05, 0.1) is 6.21 Å². The first-order valence-corrected chi connectivity index (χ1v) is 9.78. The zero-order valence-electron chi connectivity index (χ0n) is 18.0. The average molecular weight is 397 g/mol. The van der Waals surface area contributed by atoms with E-state index in [1.165, 1.54) is 6.21 Å². The van der Waals surface area contributed by atoms with Crippen molar-refractivity contribution in [2.75, 3.05) is 30.9 Å². The van der Waals surface area contributed by atoms with Crippen LogP contribution in [0.3, 0.4) is 0 Å². The van der Waals surface area contributed by atoms with Crippen molar-refractivity contribution in [2.24, 2.45) is 5.10 Å². The number of anilines is 2. The zero-order valence-corrected chi connectivity index (χ0v) is 18.0. The van der Waals surface area contributed by atoms with Crippen LogP contribution < -0.4 is 15.2 Å². The minimum absolute atomic E-state index is 0.0243. The van der Waals surface area contributed by atoms with E-state index in [1.807, 2.05) is 44.2 Å². The predicted molar refractivity (Wildman–Crippen MR) is 118 cm³/mol. The molecule has 29 heavy (non-hydrogen) atoms. The van der Waals surface area contributed by atoms with Crippen LogP contribution in [0.2, 0.25) is 0 Å². The molecule has 3 rings (SSSR count). The maximum absolute atomic E-state index is 14.7. The number of rotatable bonds is 4. The summed E-state index contributed by atoms with van der Waals surface area (Å²) in [6, 6.07) is 10.6. The minimum Gasteiger partial charge on any atom is -0.378 e. The third-order valence-corrected chi connectivity index (χ3v) is 5.75. The van der Waals surface area contributed by atoms with Gasteiger partial charge in [0, 0.05) is 49.2 Å². The van der Waals surface area contributed by atoms with E-state index >= 15 is 0 Å². The van der Waals surface area contributed by atoms with Gasteiger partial charge in [0.25, 0.3) is 5.91 Å². The van der Waals surface area contributed by atoms with Crippen molar-refractivity contribution >= 4 is 23.5 Å². The molecule has 0 spiro atoms. The molecule has 2 aromatic carbocycles. The Hall–Kier alpha value is -2.89. The van der Waals surface area contributed by atoms with Gasteiger partial charge in [-0.05, 0) is 62.1 Å². The van der Waals surface area contributed by atoms with Crippen LogP contribution in [-0.4, -0.2) is 38.8 Å². The molecule has 1 heterocycles. The van der Waals surface area contributed by atoms with E-state index < -0.39 is 0 Å². The third kappa shape index (κ3) is 4.26. The van der Waals surface area contributed by atoms with Crippen LogP contribution in [0.15, 0.2) is 41.5 Å². The maximum Gasteiger partial charge on any atom is 0.271 e. The Balaban J connectivity index is 1.79. The van der Waals surface area contributed by atoms with E-state index in [-0.39, 0.29) is 17.3 Å². The second kappa shape index (κ2) is 7.85. The second-order valence-corrected chi connectivity index (χ2v) is 8.55. The molecule has 2 aromatic rings. The normalized spacial score (nSPS) is 17.9. The molecular formula is C23H29FN4O. The molecule has 0 radical (unpaired) electrons. The molecule has 0 bridgehead atoms. The fourth-order valence-corrected chi connectivity index (χ4v) is 3.85. The molecule has 1 amide bonds. The van der Waals surface area contributed by atoms with Crippen molar-refractivity contribution in [3.8, 4) is 0 Å². The van der Waals surface area contributed by atoms with Crippen molar-refractivity contribution in [1.29, 1.82) is 0 Å². The standard InChI is InChI=1S/C23H29FN4O/c1-15-13-23(2,3)28(6)21-12-20(24)17(11-19(15)21)14-25-26-22(29)16-8-7-9-18(10-16)27(4)5/h7-12,14-15H,13H2,1-6H3,(H,26,29)/b25-14-. The molecule has 1 aliphatic rings. The molecule has 154 valence electrons. The highest BCUT2D eigenvalue weighted by atomic mass is 19.1. The van der Waals surface area contributed by atoms with Gasteiger partial charge in [-0.1, -0.05) is 13.0 Å². The maximum atomic E-state index is 14.7. The topological polar surface area (TPSA) is 47.9 Å². The van der Waals surface area contributed by atoms with Crippen LogP contribution in [0.4, 0.5) is 15.8 Å². The lowest BCUT2D eigenvalue weighted by molar-refractivity contribution is 0.0955. The van der Waals surface area contributed by atoms with E-state index in [2.05, 4.69) is 36.2 Å². The molecule has 0 fully saturated rings. The first-order chi connectivity index (χ1) is 13.6. The molecule has 5 nitrogen and oxygen atoms in total. The summed E-state index contributed by atoms with van der Waals surface area (Å²) in [6.07, 6.45) is 2.35. The molecule has 0 saturated heterocycles. The van der Waals surface area contributed by atoms with Crippen LogP contribution in [0.25, 0.3) is 0 Å². The lowest BCUT2D eigenvalue weighted by atomic mass is 9.80. The number of nitrogens with one attached hydrogen (secondary N) is 1. The quantitative estimate of drug-likeness (QED) is 0.616. The van der Waals surface area contributed by atoms with Gasteiger partial charge in [0.2, 0.25) is 0 Å². The smallest absolute Gasteiger partial charge is 0.271 e. The first-order valence-electron chi connectivity index (χ1n) is 9.78. The summed E-state index contributed by atoms with van der Waals surface area (Å²) in [4.78, 5) is 16.4. The fourth-order valence-electron chi connectivity index (χ4n) is 3.85. The van der Waals surface area contributed by atoms with E-state index in [1.54, 1.807) is 18.2 Å². The summed E-state index contributed by atoms with van der Waals surface area (Å²) < 4.78 is 14.7. The van der Waals surface area contributed by atoms with Gasteiger partial charge in [-0.3, -0.25) is 4.79 Å². The summed E-state index contributed by atoms with van der Waals surface area (Å²) >= 11 is 0. The molecule has 1 unspecified atom stereocenters. The average Bonchev–Trinajstić information content (AvgIpc) is 2.66. The third-order valence-electron chi connectivity index (χ3n) is 5.75. The van der Waals surface area contributed by atoms with Crippen LogP contribution in [-0.2, 0) is 0 Å². The number of benzene rings is 2. The van der Waals surface area contributed by atoms with Crippen LogP contribution in [0, 0.1) is 5.82 Å². The van der Waals surface area contributed by atoms with Crippen molar-refractivity contribution < 1.29 is 9.18 Å². The van der Waals surface area contributed by atoms with Gasteiger partial charge in [-0.2, -0.15) is 5.10 Å². The molecule has 0 saturated carbocycles. The van der Waals surface area contributed by atoms with Crippen LogP contribution in [0.5, 0.6) is 0 Å². The predicted octanol–water partition coefficient (Wildman–Crippen LogP) is 4.38. The molecule has 0 aromatic heterocycles. The van der Waals surface area contributed by atoms with Gasteiger partial charge < -0.3 is 9.80 Å². The lowest BCUT2D eigenvalue weighted by Crippen LogP contribution is -2.45. The Bertz CT molecular complexity index is 952. The molecule has 1 aliphatic heterocycles. The summed E-state index contributed by atoms with van der Waals surface area (Å²) in [5.74, 6) is -0.376. The first kappa shape index (κ1) is 20.8. The highest BCUT2D eigenvalue weighted by Crippen LogP contribution is 2.43. The van der Waals surface area contributed by atoms with Gasteiger partial charge in [-0.25, -0.2) is 9.82 Å². The summed E-state index contributed by atoms with van der Waals surface area (Å²) in [6.45, 7) is 6.49. The Morgan fingerprint density at radius 1 is 1.31 bits per heavy atom. The number of amides is 1. The van der Waals surface area contributed by atoms with Crippen LogP contribution >= 0.6 is 0 Å². The summed E-state index contributed by atoms with van der Waals surface area (Å²) in [5, 5.41) is 3.98. The Labute approximate surface area is 172 Å². The van der Waals surface area contributed by atoms with Crippen molar-refractivity contribution in [3.05, 3.63) is 58.9 Å². The zero-order chi connectivity index (χ0) is 21.3. The van der Waals surface area contributed by atoms with Crippen molar-refractivity contribution in [1.82, 2.24) is 5.43 Å². The van der Waals surface area contributed by atoms with Crippen molar-refractivity contribution in [2.45, 2.75) is 38.6 Å². The second-order valence-electron chi connectivity index (χ2n) is 8.55. The van der Waals surface area contributed by atoms with Gasteiger partial charge in [-0.15, -0.1) is 0 Å². The van der Waals surface area contributed by atoms with Gasteiger partial charge in [0.1, 0.15) is 5.82 Å². The molecule has 1 N–H and O–H groups in total. The number of carbonyl (C=O) groups excluding carboxylic acids is 1. The van der Waals surface area contributed by atoms with Crippen LogP contribution in [0.1, 0.15) is 54.6 Å². The number of fused-ring (bicyclic) bond motifs is 1. The molecular weight excluding hydrogens is 367 g/mol. The Kier molecular flexibility index (Phi) is 5.64. The largest absolute Gasteiger partial charge is 0.378 e. The molecule has 6 heteroatoms. The monoisotopic (exact) mass is 396 g/mol. The molecule has 0 aliphatic carbocycles. The van der Waals surface area contributed by atoms with E-state index in [9.17, 15) is 9.18 Å². The highest BCUT2D eigenvalue weighted by Gasteiger charge is 2.34. The number of halogens is 1. The van der Waals surface area contributed by atoms with E-state index in [4.69, 9.17) is 0 Å².